The number of amides is 3. The summed E-state index contributed by atoms with van der Waals surface area (Å²) in [6, 6.07) is 25.0. The smallest absolute Gasteiger partial charge is 0.416 e. The maximum absolute atomic E-state index is 13.8. The second kappa shape index (κ2) is 15.4. The molecule has 4 aromatic carbocycles. The molecule has 0 saturated carbocycles. The van der Waals surface area contributed by atoms with Crippen LogP contribution in [0.5, 0.6) is 17.2 Å². The van der Waals surface area contributed by atoms with Crippen molar-refractivity contribution in [1.82, 2.24) is 9.80 Å². The van der Waals surface area contributed by atoms with Gasteiger partial charge < -0.3 is 30.1 Å². The van der Waals surface area contributed by atoms with Crippen molar-refractivity contribution in [3.8, 4) is 17.2 Å². The molecule has 3 amide bonds. The van der Waals surface area contributed by atoms with Gasteiger partial charge in [-0.2, -0.15) is 13.2 Å². The third-order valence-corrected chi connectivity index (χ3v) is 8.26. The topological polar surface area (TPSA) is 103 Å². The lowest BCUT2D eigenvalue weighted by Gasteiger charge is -2.38. The van der Waals surface area contributed by atoms with Crippen LogP contribution in [-0.4, -0.2) is 65.7 Å². The molecular weight excluding hydrogens is 637 g/mol. The number of carbonyl (C=O) groups excluding carboxylic acids is 2. The van der Waals surface area contributed by atoms with Crippen molar-refractivity contribution in [3.63, 3.8) is 0 Å². The number of likely N-dealkylation sites (N-methyl/N-ethyl adjacent to an activating group) is 1. The van der Waals surface area contributed by atoms with Gasteiger partial charge in [0, 0.05) is 31.2 Å². The molecule has 0 saturated heterocycles. The first-order valence-corrected chi connectivity index (χ1v) is 15.9. The van der Waals surface area contributed by atoms with Crippen molar-refractivity contribution < 1.29 is 37.3 Å². The Morgan fingerprint density at radius 1 is 0.980 bits per heavy atom. The summed E-state index contributed by atoms with van der Waals surface area (Å²) in [6.07, 6.45) is -4.94. The standard InChI is InChI=1S/C37H39F3N4O5/c1-24-20-44(25(2)23-45)35(46)31-10-7-11-32(42-36(47)41-28-16-14-27(15-17-28)37(38,39)40)34(31)49-33(24)22-43(3)21-26-12-18-30(19-13-26)48-29-8-5-4-6-9-29/h4-19,24-25,33,45H,20-23H2,1-3H3,(H2,41,42,47)/t24-,25-,33-/m0/s1. The van der Waals surface area contributed by atoms with Gasteiger partial charge >= 0.3 is 12.2 Å². The van der Waals surface area contributed by atoms with E-state index in [-0.39, 0.29) is 41.1 Å². The Morgan fingerprint density at radius 2 is 1.65 bits per heavy atom. The zero-order valence-corrected chi connectivity index (χ0v) is 27.4. The van der Waals surface area contributed by atoms with E-state index in [9.17, 15) is 27.9 Å². The summed E-state index contributed by atoms with van der Waals surface area (Å²) in [6.45, 7) is 4.88. The van der Waals surface area contributed by atoms with Crippen LogP contribution in [-0.2, 0) is 12.7 Å². The van der Waals surface area contributed by atoms with Gasteiger partial charge in [-0.15, -0.1) is 0 Å². The van der Waals surface area contributed by atoms with Crippen LogP contribution in [0.25, 0.3) is 0 Å². The third kappa shape index (κ3) is 9.09. The maximum Gasteiger partial charge on any atom is 0.416 e. The van der Waals surface area contributed by atoms with E-state index in [4.69, 9.17) is 9.47 Å². The van der Waals surface area contributed by atoms with Crippen molar-refractivity contribution in [3.05, 3.63) is 114 Å². The molecule has 1 aliphatic rings. The number of nitrogens with zero attached hydrogens (tertiary/aromatic N) is 2. The minimum atomic E-state index is -4.50. The van der Waals surface area contributed by atoms with Crippen LogP contribution in [0.2, 0.25) is 0 Å². The summed E-state index contributed by atoms with van der Waals surface area (Å²) >= 11 is 0. The van der Waals surface area contributed by atoms with Gasteiger partial charge in [0.1, 0.15) is 17.6 Å². The molecule has 0 radical (unpaired) electrons. The van der Waals surface area contributed by atoms with E-state index in [2.05, 4.69) is 15.5 Å². The molecule has 0 aliphatic carbocycles. The second-order valence-corrected chi connectivity index (χ2v) is 12.2. The van der Waals surface area contributed by atoms with Crippen LogP contribution in [0.4, 0.5) is 29.3 Å². The number of anilines is 2. The predicted molar refractivity (Wildman–Crippen MR) is 181 cm³/mol. The molecule has 258 valence electrons. The van der Waals surface area contributed by atoms with E-state index in [0.29, 0.717) is 19.6 Å². The van der Waals surface area contributed by atoms with Crippen molar-refractivity contribution in [1.29, 1.82) is 0 Å². The average Bonchev–Trinajstić information content (AvgIpc) is 3.07. The lowest BCUT2D eigenvalue weighted by atomic mass is 9.99. The number of nitrogens with one attached hydrogen (secondary N) is 2. The Bertz CT molecular complexity index is 1720. The SMILES string of the molecule is C[C@H]1CN([C@@H](C)CO)C(=O)c2cccc(NC(=O)Nc3ccc(C(F)(F)F)cc3)c2O[C@H]1CN(C)Cc1ccc(Oc2ccccc2)cc1. The molecule has 4 aromatic rings. The number of halogens is 3. The van der Waals surface area contributed by atoms with E-state index in [1.165, 1.54) is 0 Å². The zero-order valence-electron chi connectivity index (χ0n) is 27.4. The first-order chi connectivity index (χ1) is 23.4. The van der Waals surface area contributed by atoms with Crippen LogP contribution < -0.4 is 20.1 Å². The molecule has 12 heteroatoms. The summed E-state index contributed by atoms with van der Waals surface area (Å²) in [4.78, 5) is 30.5. The monoisotopic (exact) mass is 676 g/mol. The molecule has 3 atom stereocenters. The first-order valence-electron chi connectivity index (χ1n) is 15.9. The predicted octanol–water partition coefficient (Wildman–Crippen LogP) is 7.49. The number of urea groups is 1. The highest BCUT2D eigenvalue weighted by atomic mass is 19.4. The Kier molecular flexibility index (Phi) is 11.1. The number of rotatable bonds is 10. The van der Waals surface area contributed by atoms with Crippen molar-refractivity contribution in [2.45, 2.75) is 38.7 Å². The van der Waals surface area contributed by atoms with Gasteiger partial charge in [-0.1, -0.05) is 43.3 Å². The lowest BCUT2D eigenvalue weighted by Crippen LogP contribution is -2.49. The summed E-state index contributed by atoms with van der Waals surface area (Å²) in [7, 11) is 1.96. The Balaban J connectivity index is 1.34. The number of ether oxygens (including phenoxy) is 2. The molecule has 0 bridgehead atoms. The Morgan fingerprint density at radius 3 is 2.31 bits per heavy atom. The van der Waals surface area contributed by atoms with Gasteiger partial charge in [-0.3, -0.25) is 9.69 Å². The number of fused-ring (bicyclic) bond motifs is 1. The number of benzene rings is 4. The average molecular weight is 677 g/mol. The summed E-state index contributed by atoms with van der Waals surface area (Å²) < 4.78 is 51.4. The van der Waals surface area contributed by atoms with Crippen LogP contribution in [0.15, 0.2) is 97.1 Å². The highest BCUT2D eigenvalue weighted by Gasteiger charge is 2.35. The van der Waals surface area contributed by atoms with Gasteiger partial charge in [0.25, 0.3) is 5.91 Å². The minimum absolute atomic E-state index is 0.150. The number of aliphatic hydroxyl groups is 1. The minimum Gasteiger partial charge on any atom is -0.486 e. The zero-order chi connectivity index (χ0) is 35.1. The molecule has 0 spiro atoms. The molecule has 9 nitrogen and oxygen atoms in total. The van der Waals surface area contributed by atoms with Crippen LogP contribution >= 0.6 is 0 Å². The van der Waals surface area contributed by atoms with E-state index in [1.54, 1.807) is 30.0 Å². The van der Waals surface area contributed by atoms with E-state index < -0.39 is 29.9 Å². The number of para-hydroxylation sites is 2. The van der Waals surface area contributed by atoms with E-state index in [1.807, 2.05) is 68.6 Å². The summed E-state index contributed by atoms with van der Waals surface area (Å²) in [5.41, 5.74) is 0.784. The number of aliphatic hydroxyl groups excluding tert-OH is 1. The molecule has 1 heterocycles. The van der Waals surface area contributed by atoms with Crippen molar-refractivity contribution in [2.75, 3.05) is 37.4 Å². The third-order valence-electron chi connectivity index (χ3n) is 8.26. The van der Waals surface area contributed by atoms with E-state index >= 15 is 0 Å². The lowest BCUT2D eigenvalue weighted by molar-refractivity contribution is -0.137. The van der Waals surface area contributed by atoms with Crippen LogP contribution in [0, 0.1) is 5.92 Å². The van der Waals surface area contributed by atoms with Crippen LogP contribution in [0.1, 0.15) is 35.3 Å². The Labute approximate surface area is 283 Å². The number of alkyl halides is 3. The molecule has 3 N–H and O–H groups in total. The highest BCUT2D eigenvalue weighted by molar-refractivity contribution is 6.04. The molecule has 0 aromatic heterocycles. The van der Waals surface area contributed by atoms with Gasteiger partial charge in [-0.05, 0) is 80.2 Å². The normalized spacial score (nSPS) is 17.0. The first kappa shape index (κ1) is 35.2. The van der Waals surface area contributed by atoms with Crippen molar-refractivity contribution >= 4 is 23.3 Å². The Hall–Kier alpha value is -5.07. The van der Waals surface area contributed by atoms with Gasteiger partial charge in [0.2, 0.25) is 0 Å². The summed E-state index contributed by atoms with van der Waals surface area (Å²) in [5, 5.41) is 15.2. The molecule has 5 rings (SSSR count). The number of hydrogen-bond acceptors (Lipinski definition) is 6. The van der Waals surface area contributed by atoms with E-state index in [0.717, 1.165) is 41.3 Å². The number of carbonyl (C=O) groups is 2. The fourth-order valence-corrected chi connectivity index (χ4v) is 5.56. The highest BCUT2D eigenvalue weighted by Crippen LogP contribution is 2.35. The quantitative estimate of drug-likeness (QED) is 0.161. The molecular formula is C37H39F3N4O5. The fraction of sp³-hybridized carbons (Fsp3) is 0.297. The second-order valence-electron chi connectivity index (χ2n) is 12.2. The van der Waals surface area contributed by atoms with Gasteiger partial charge in [0.05, 0.1) is 29.5 Å². The number of hydrogen-bond donors (Lipinski definition) is 3. The molecule has 0 unspecified atom stereocenters. The molecule has 49 heavy (non-hydrogen) atoms. The summed E-state index contributed by atoms with van der Waals surface area (Å²) in [5.74, 6) is 1.09. The van der Waals surface area contributed by atoms with Gasteiger partial charge in [0.15, 0.2) is 5.75 Å². The molecule has 0 fully saturated rings. The molecule has 1 aliphatic heterocycles. The van der Waals surface area contributed by atoms with Gasteiger partial charge in [-0.25, -0.2) is 4.79 Å². The largest absolute Gasteiger partial charge is 0.486 e. The van der Waals surface area contributed by atoms with Crippen LogP contribution in [0.3, 0.4) is 0 Å². The maximum atomic E-state index is 13.8. The fourth-order valence-electron chi connectivity index (χ4n) is 5.56. The van der Waals surface area contributed by atoms with Crippen molar-refractivity contribution in [2.24, 2.45) is 5.92 Å².